The molecule has 0 nitrogen and oxygen atoms in total. The number of hydrogen-bond donors (Lipinski definition) is 0. The van der Waals surface area contributed by atoms with E-state index in [-0.39, 0.29) is 0 Å². The normalized spacial score (nSPS) is 33.0. The number of hydrogen-bond acceptors (Lipinski definition) is 0. The van der Waals surface area contributed by atoms with Crippen LogP contribution in [0.2, 0.25) is 0 Å². The van der Waals surface area contributed by atoms with E-state index in [1.807, 2.05) is 0 Å². The molecule has 0 aromatic carbocycles. The predicted molar refractivity (Wildman–Crippen MR) is 55.1 cm³/mol. The highest BCUT2D eigenvalue weighted by molar-refractivity contribution is 4.89. The van der Waals surface area contributed by atoms with Crippen molar-refractivity contribution in [3.05, 3.63) is 0 Å². The molecule has 0 amide bonds. The maximum absolute atomic E-state index is 2.45. The molecule has 0 heterocycles. The summed E-state index contributed by atoms with van der Waals surface area (Å²) in [4.78, 5) is 0. The Morgan fingerprint density at radius 1 is 1.33 bits per heavy atom. The molecule has 0 heteroatoms. The Kier molecular flexibility index (Phi) is 3.61. The molecule has 0 N–H and O–H groups in total. The van der Waals surface area contributed by atoms with Crippen molar-refractivity contribution >= 4 is 0 Å². The topological polar surface area (TPSA) is 0 Å². The van der Waals surface area contributed by atoms with Gasteiger partial charge in [0.25, 0.3) is 0 Å². The Morgan fingerprint density at radius 2 is 1.92 bits per heavy atom. The summed E-state index contributed by atoms with van der Waals surface area (Å²) in [7, 11) is 0. The minimum Gasteiger partial charge on any atom is -0.0654 e. The van der Waals surface area contributed by atoms with E-state index in [4.69, 9.17) is 0 Å². The van der Waals surface area contributed by atoms with Crippen LogP contribution in [0.25, 0.3) is 0 Å². The summed E-state index contributed by atoms with van der Waals surface area (Å²) in [5.41, 5.74) is 0. The molecule has 12 heavy (non-hydrogen) atoms. The van der Waals surface area contributed by atoms with E-state index in [2.05, 4.69) is 27.7 Å². The Balaban J connectivity index is 2.33. The van der Waals surface area contributed by atoms with E-state index in [1.54, 1.807) is 0 Å². The molecule has 72 valence electrons. The van der Waals surface area contributed by atoms with Crippen LogP contribution in [0.15, 0.2) is 0 Å². The van der Waals surface area contributed by atoms with Gasteiger partial charge in [0.1, 0.15) is 0 Å². The molecule has 0 bridgehead atoms. The average molecular weight is 168 g/mol. The lowest BCUT2D eigenvalue weighted by Crippen LogP contribution is -2.13. The summed E-state index contributed by atoms with van der Waals surface area (Å²) in [6.45, 7) is 9.52. The molecule has 0 saturated heterocycles. The van der Waals surface area contributed by atoms with E-state index < -0.39 is 0 Å². The highest BCUT2D eigenvalue weighted by Gasteiger charge is 2.40. The van der Waals surface area contributed by atoms with Gasteiger partial charge in [0.05, 0.1) is 0 Å². The number of rotatable bonds is 5. The fourth-order valence-corrected chi connectivity index (χ4v) is 2.74. The van der Waals surface area contributed by atoms with Crippen molar-refractivity contribution in [1.82, 2.24) is 0 Å². The van der Waals surface area contributed by atoms with Crippen molar-refractivity contribution in [3.63, 3.8) is 0 Å². The molecular weight excluding hydrogens is 144 g/mol. The molecule has 4 unspecified atom stereocenters. The molecule has 1 aliphatic carbocycles. The van der Waals surface area contributed by atoms with Crippen LogP contribution in [0, 0.1) is 23.7 Å². The van der Waals surface area contributed by atoms with Crippen LogP contribution in [-0.4, -0.2) is 0 Å². The Morgan fingerprint density at radius 3 is 2.25 bits per heavy atom. The highest BCUT2D eigenvalue weighted by atomic mass is 14.4. The van der Waals surface area contributed by atoms with E-state index >= 15 is 0 Å². The standard InChI is InChI=1S/C12H24/c1-5-7-9(3)11(6-2)12-8-10(12)4/h9-12H,5-8H2,1-4H3. The lowest BCUT2D eigenvalue weighted by atomic mass is 9.84. The molecule has 1 saturated carbocycles. The first-order valence-electron chi connectivity index (χ1n) is 5.70. The van der Waals surface area contributed by atoms with Gasteiger partial charge in [-0.2, -0.15) is 0 Å². The SMILES string of the molecule is CCCC(C)C(CC)C1CC1C. The fourth-order valence-electron chi connectivity index (χ4n) is 2.74. The van der Waals surface area contributed by atoms with Crippen molar-refractivity contribution in [2.75, 3.05) is 0 Å². The molecule has 0 aromatic rings. The van der Waals surface area contributed by atoms with Crippen molar-refractivity contribution in [2.45, 2.75) is 53.4 Å². The molecule has 0 aromatic heterocycles. The zero-order valence-electron chi connectivity index (χ0n) is 9.14. The van der Waals surface area contributed by atoms with Gasteiger partial charge in [-0.15, -0.1) is 0 Å². The largest absolute Gasteiger partial charge is 0.0654 e. The third-order valence-corrected chi connectivity index (χ3v) is 3.67. The molecule has 0 aliphatic heterocycles. The van der Waals surface area contributed by atoms with Crippen molar-refractivity contribution in [1.29, 1.82) is 0 Å². The quantitative estimate of drug-likeness (QED) is 0.579. The second-order valence-corrected chi connectivity index (χ2v) is 4.71. The van der Waals surface area contributed by atoms with Gasteiger partial charge in [-0.1, -0.05) is 47.0 Å². The smallest absolute Gasteiger partial charge is 0.0355 e. The third kappa shape index (κ3) is 2.24. The summed E-state index contributed by atoms with van der Waals surface area (Å²) < 4.78 is 0. The van der Waals surface area contributed by atoms with Gasteiger partial charge in [0.15, 0.2) is 0 Å². The molecular formula is C12H24. The molecule has 0 radical (unpaired) electrons. The Hall–Kier alpha value is 0. The van der Waals surface area contributed by atoms with Gasteiger partial charge in [-0.25, -0.2) is 0 Å². The van der Waals surface area contributed by atoms with Crippen LogP contribution in [0.1, 0.15) is 53.4 Å². The summed E-state index contributed by atoms with van der Waals surface area (Å²) in [6.07, 6.45) is 5.70. The van der Waals surface area contributed by atoms with Gasteiger partial charge < -0.3 is 0 Å². The van der Waals surface area contributed by atoms with Crippen LogP contribution in [0.5, 0.6) is 0 Å². The predicted octanol–water partition coefficient (Wildman–Crippen LogP) is 4.10. The van der Waals surface area contributed by atoms with Crippen molar-refractivity contribution in [2.24, 2.45) is 23.7 Å². The van der Waals surface area contributed by atoms with Gasteiger partial charge in [0, 0.05) is 0 Å². The van der Waals surface area contributed by atoms with Crippen LogP contribution in [-0.2, 0) is 0 Å². The molecule has 1 rings (SSSR count). The Bertz CT molecular complexity index is 128. The molecule has 1 aliphatic rings. The summed E-state index contributed by atoms with van der Waals surface area (Å²) >= 11 is 0. The molecule has 0 spiro atoms. The first-order valence-corrected chi connectivity index (χ1v) is 5.70. The zero-order chi connectivity index (χ0) is 9.14. The summed E-state index contributed by atoms with van der Waals surface area (Å²) in [5.74, 6) is 4.11. The monoisotopic (exact) mass is 168 g/mol. The minimum atomic E-state index is 0.968. The zero-order valence-corrected chi connectivity index (χ0v) is 9.14. The lowest BCUT2D eigenvalue weighted by molar-refractivity contribution is 0.280. The van der Waals surface area contributed by atoms with Crippen LogP contribution in [0.3, 0.4) is 0 Å². The fraction of sp³-hybridized carbons (Fsp3) is 1.00. The van der Waals surface area contributed by atoms with Gasteiger partial charge in [-0.3, -0.25) is 0 Å². The maximum Gasteiger partial charge on any atom is -0.0355 e. The summed E-state index contributed by atoms with van der Waals surface area (Å²) in [6, 6.07) is 0. The first-order chi connectivity index (χ1) is 5.70. The first kappa shape index (κ1) is 10.1. The highest BCUT2D eigenvalue weighted by Crippen LogP contribution is 2.48. The Labute approximate surface area is 77.7 Å². The van der Waals surface area contributed by atoms with E-state index in [9.17, 15) is 0 Å². The van der Waals surface area contributed by atoms with Crippen molar-refractivity contribution in [3.8, 4) is 0 Å². The lowest BCUT2D eigenvalue weighted by Gasteiger charge is -2.22. The van der Waals surface area contributed by atoms with E-state index in [0.717, 1.165) is 23.7 Å². The average Bonchev–Trinajstić information content (AvgIpc) is 2.69. The van der Waals surface area contributed by atoms with Gasteiger partial charge >= 0.3 is 0 Å². The minimum absolute atomic E-state index is 0.968. The van der Waals surface area contributed by atoms with Crippen LogP contribution in [0.4, 0.5) is 0 Å². The molecule has 1 fully saturated rings. The van der Waals surface area contributed by atoms with E-state index in [0.29, 0.717) is 0 Å². The van der Waals surface area contributed by atoms with Crippen LogP contribution < -0.4 is 0 Å². The van der Waals surface area contributed by atoms with Crippen molar-refractivity contribution < 1.29 is 0 Å². The second kappa shape index (κ2) is 4.30. The van der Waals surface area contributed by atoms with E-state index in [1.165, 1.54) is 25.7 Å². The second-order valence-electron chi connectivity index (χ2n) is 4.71. The molecule has 4 atom stereocenters. The third-order valence-electron chi connectivity index (χ3n) is 3.67. The summed E-state index contributed by atoms with van der Waals surface area (Å²) in [5, 5.41) is 0. The van der Waals surface area contributed by atoms with Crippen LogP contribution >= 0.6 is 0 Å². The van der Waals surface area contributed by atoms with Gasteiger partial charge in [0.2, 0.25) is 0 Å². The van der Waals surface area contributed by atoms with Gasteiger partial charge in [-0.05, 0) is 30.1 Å². The maximum atomic E-state index is 2.45.